The average molecular weight is 461 g/mol. The van der Waals surface area contributed by atoms with Crippen LogP contribution in [0.2, 0.25) is 0 Å². The molecule has 5 rings (SSSR count). The summed E-state index contributed by atoms with van der Waals surface area (Å²) in [6.45, 7) is 1.12. The first-order chi connectivity index (χ1) is 16.6. The van der Waals surface area contributed by atoms with Crippen LogP contribution in [-0.2, 0) is 6.42 Å². The lowest BCUT2D eigenvalue weighted by molar-refractivity contribution is 0.0656. The third-order valence-electron chi connectivity index (χ3n) is 6.01. The van der Waals surface area contributed by atoms with Gasteiger partial charge in [-0.15, -0.1) is 0 Å². The minimum absolute atomic E-state index is 0.000411. The fourth-order valence-corrected chi connectivity index (χ4v) is 4.21. The van der Waals surface area contributed by atoms with E-state index in [1.165, 1.54) is 12.1 Å². The Bertz CT molecular complexity index is 1280. The van der Waals surface area contributed by atoms with Gasteiger partial charge < -0.3 is 18.6 Å². The van der Waals surface area contributed by atoms with Gasteiger partial charge in [0, 0.05) is 31.1 Å². The van der Waals surface area contributed by atoms with Crippen molar-refractivity contribution in [3.05, 3.63) is 89.6 Å². The Labute approximate surface area is 196 Å². The number of benzene rings is 2. The van der Waals surface area contributed by atoms with E-state index in [4.69, 9.17) is 13.7 Å². The number of hydrogen-bond donors (Lipinski definition) is 0. The van der Waals surface area contributed by atoms with Gasteiger partial charge >= 0.3 is 0 Å². The Morgan fingerprint density at radius 1 is 1.21 bits per heavy atom. The molecule has 0 bridgehead atoms. The minimum Gasteiger partial charge on any atom is -0.497 e. The van der Waals surface area contributed by atoms with Crippen LogP contribution in [0.15, 0.2) is 69.7 Å². The minimum atomic E-state index is -0.267. The quantitative estimate of drug-likeness (QED) is 0.398. The molecule has 0 saturated carbocycles. The molecule has 2 aromatic carbocycles. The number of likely N-dealkylation sites (tertiary alicyclic amines) is 1. The number of nitrogens with zero attached hydrogens (tertiary/aromatic N) is 3. The van der Waals surface area contributed by atoms with E-state index in [0.717, 1.165) is 24.0 Å². The third kappa shape index (κ3) is 4.71. The molecule has 7 nitrogen and oxygen atoms in total. The van der Waals surface area contributed by atoms with E-state index in [1.807, 2.05) is 24.3 Å². The smallest absolute Gasteiger partial charge is 0.292 e. The van der Waals surface area contributed by atoms with Gasteiger partial charge in [0.25, 0.3) is 5.91 Å². The van der Waals surface area contributed by atoms with Gasteiger partial charge in [-0.3, -0.25) is 4.79 Å². The van der Waals surface area contributed by atoms with Crippen LogP contribution in [0.3, 0.4) is 0 Å². The van der Waals surface area contributed by atoms with Crippen molar-refractivity contribution in [2.75, 3.05) is 20.2 Å². The molecule has 0 spiro atoms. The number of methoxy groups -OCH3 is 1. The lowest BCUT2D eigenvalue weighted by atomic mass is 9.97. The average Bonchev–Trinajstić information content (AvgIpc) is 3.55. The number of hydrogen-bond acceptors (Lipinski definition) is 6. The maximum atomic E-state index is 13.1. The summed E-state index contributed by atoms with van der Waals surface area (Å²) in [4.78, 5) is 19.3. The molecule has 3 heterocycles. The first-order valence-electron chi connectivity index (χ1n) is 11.2. The van der Waals surface area contributed by atoms with Crippen LogP contribution in [0, 0.1) is 5.82 Å². The summed E-state index contributed by atoms with van der Waals surface area (Å²) in [5.41, 5.74) is 2.34. The second kappa shape index (κ2) is 9.51. The molecule has 1 aliphatic heterocycles. The molecule has 1 amide bonds. The maximum Gasteiger partial charge on any atom is 0.292 e. The Morgan fingerprint density at radius 2 is 2.06 bits per heavy atom. The zero-order valence-electron chi connectivity index (χ0n) is 18.7. The molecule has 174 valence electrons. The molecule has 8 heteroatoms. The van der Waals surface area contributed by atoms with Crippen LogP contribution in [0.25, 0.3) is 11.3 Å². The molecule has 2 aromatic heterocycles. The molecular weight excluding hydrogens is 437 g/mol. The van der Waals surface area contributed by atoms with Gasteiger partial charge in [-0.1, -0.05) is 29.4 Å². The summed E-state index contributed by atoms with van der Waals surface area (Å²) < 4.78 is 29.8. The standard InChI is InChI=1S/C26H24FN3O4/c1-32-21-6-2-4-18(13-21)23-14-24(34-29-23)26(31)30-11-3-5-19(16-30)25-28-15-22(33-25)12-17-7-9-20(27)10-8-17/h2,4,6-10,13-15,19H,3,5,11-12,16H2,1H3. The number of oxazole rings is 1. The van der Waals surface area contributed by atoms with Crippen LogP contribution >= 0.6 is 0 Å². The number of carbonyl (C=O) groups is 1. The van der Waals surface area contributed by atoms with Crippen LogP contribution in [0.4, 0.5) is 4.39 Å². The fourth-order valence-electron chi connectivity index (χ4n) is 4.21. The molecule has 0 aliphatic carbocycles. The number of piperidine rings is 1. The van der Waals surface area contributed by atoms with Crippen molar-refractivity contribution in [2.24, 2.45) is 0 Å². The van der Waals surface area contributed by atoms with E-state index in [2.05, 4.69) is 10.1 Å². The number of ether oxygens (including phenoxy) is 1. The molecule has 1 atom stereocenters. The highest BCUT2D eigenvalue weighted by Crippen LogP contribution is 2.29. The number of rotatable bonds is 6. The van der Waals surface area contributed by atoms with Crippen LogP contribution in [0.1, 0.15) is 46.5 Å². The van der Waals surface area contributed by atoms with Crippen molar-refractivity contribution in [3.8, 4) is 17.0 Å². The summed E-state index contributed by atoms with van der Waals surface area (Å²) in [7, 11) is 1.60. The molecule has 1 saturated heterocycles. The second-order valence-corrected chi connectivity index (χ2v) is 8.37. The fraction of sp³-hybridized carbons (Fsp3) is 0.269. The number of amides is 1. The van der Waals surface area contributed by atoms with Gasteiger partial charge in [-0.05, 0) is 42.7 Å². The highest BCUT2D eigenvalue weighted by molar-refractivity contribution is 5.92. The van der Waals surface area contributed by atoms with Gasteiger partial charge in [0.15, 0.2) is 5.89 Å². The molecule has 0 N–H and O–H groups in total. The molecular formula is C26H24FN3O4. The molecule has 1 unspecified atom stereocenters. The summed E-state index contributed by atoms with van der Waals surface area (Å²) in [6.07, 6.45) is 3.96. The van der Waals surface area contributed by atoms with Crippen LogP contribution < -0.4 is 4.74 Å². The predicted molar refractivity (Wildman–Crippen MR) is 122 cm³/mol. The van der Waals surface area contributed by atoms with Gasteiger partial charge in [-0.25, -0.2) is 9.37 Å². The van der Waals surface area contributed by atoms with E-state index >= 15 is 0 Å². The van der Waals surface area contributed by atoms with Crippen molar-refractivity contribution in [1.82, 2.24) is 15.0 Å². The zero-order chi connectivity index (χ0) is 23.5. The SMILES string of the molecule is COc1cccc(-c2cc(C(=O)N3CCCC(c4ncc(Cc5ccc(F)cc5)o4)C3)on2)c1. The number of aromatic nitrogens is 2. The largest absolute Gasteiger partial charge is 0.497 e. The van der Waals surface area contributed by atoms with E-state index in [1.54, 1.807) is 36.4 Å². The van der Waals surface area contributed by atoms with E-state index in [-0.39, 0.29) is 23.4 Å². The Hall–Kier alpha value is -3.94. The Balaban J connectivity index is 1.26. The highest BCUT2D eigenvalue weighted by Gasteiger charge is 2.30. The van der Waals surface area contributed by atoms with Gasteiger partial charge in [0.2, 0.25) is 5.76 Å². The Morgan fingerprint density at radius 3 is 2.88 bits per heavy atom. The third-order valence-corrected chi connectivity index (χ3v) is 6.01. The van der Waals surface area contributed by atoms with Crippen molar-refractivity contribution in [1.29, 1.82) is 0 Å². The summed E-state index contributed by atoms with van der Waals surface area (Å²) in [6, 6.07) is 15.4. The molecule has 1 fully saturated rings. The van der Waals surface area contributed by atoms with Gasteiger partial charge in [0.1, 0.15) is 23.0 Å². The van der Waals surface area contributed by atoms with Crippen molar-refractivity contribution in [3.63, 3.8) is 0 Å². The highest BCUT2D eigenvalue weighted by atomic mass is 19.1. The molecule has 0 radical (unpaired) electrons. The zero-order valence-corrected chi connectivity index (χ0v) is 18.7. The van der Waals surface area contributed by atoms with Gasteiger partial charge in [0.05, 0.1) is 19.2 Å². The number of carbonyl (C=O) groups excluding carboxylic acids is 1. The van der Waals surface area contributed by atoms with E-state index in [9.17, 15) is 9.18 Å². The predicted octanol–water partition coefficient (Wildman–Crippen LogP) is 5.09. The molecule has 34 heavy (non-hydrogen) atoms. The lowest BCUT2D eigenvalue weighted by Crippen LogP contribution is -2.39. The maximum absolute atomic E-state index is 13.1. The monoisotopic (exact) mass is 461 g/mol. The normalized spacial score (nSPS) is 15.9. The topological polar surface area (TPSA) is 81.6 Å². The molecule has 1 aliphatic rings. The second-order valence-electron chi connectivity index (χ2n) is 8.37. The van der Waals surface area contributed by atoms with Crippen molar-refractivity contribution < 1.29 is 22.9 Å². The van der Waals surface area contributed by atoms with Crippen LogP contribution in [0.5, 0.6) is 5.75 Å². The summed E-state index contributed by atoms with van der Waals surface area (Å²) in [5, 5.41) is 4.07. The van der Waals surface area contributed by atoms with Crippen molar-refractivity contribution in [2.45, 2.75) is 25.2 Å². The lowest BCUT2D eigenvalue weighted by Gasteiger charge is -2.30. The number of halogens is 1. The Kier molecular flexibility index (Phi) is 6.12. The summed E-state index contributed by atoms with van der Waals surface area (Å²) >= 11 is 0. The molecule has 4 aromatic rings. The van der Waals surface area contributed by atoms with E-state index < -0.39 is 0 Å². The summed E-state index contributed by atoms with van der Waals surface area (Å²) in [5.74, 6) is 1.76. The van der Waals surface area contributed by atoms with Gasteiger partial charge in [-0.2, -0.15) is 0 Å². The van der Waals surface area contributed by atoms with Crippen molar-refractivity contribution >= 4 is 5.91 Å². The first kappa shape index (κ1) is 21.9. The van der Waals surface area contributed by atoms with E-state index in [0.29, 0.717) is 42.6 Å². The van der Waals surface area contributed by atoms with Crippen LogP contribution in [-0.4, -0.2) is 41.1 Å². The first-order valence-corrected chi connectivity index (χ1v) is 11.2.